The average molecular weight is 401 g/mol. The minimum absolute atomic E-state index is 0. The second-order valence-corrected chi connectivity index (χ2v) is 8.58. The van der Waals surface area contributed by atoms with Crippen molar-refractivity contribution in [2.45, 2.75) is 17.7 Å². The van der Waals surface area contributed by atoms with E-state index in [1.165, 1.54) is 4.31 Å². The van der Waals surface area contributed by atoms with Crippen LogP contribution in [0.25, 0.3) is 0 Å². The van der Waals surface area contributed by atoms with Crippen LogP contribution >= 0.6 is 24.0 Å². The molecule has 0 saturated carbocycles. The molecule has 0 bridgehead atoms. The van der Waals surface area contributed by atoms with E-state index in [4.69, 9.17) is 17.3 Å². The van der Waals surface area contributed by atoms with Crippen LogP contribution in [0, 0.1) is 12.8 Å². The zero-order valence-electron chi connectivity index (χ0n) is 13.9. The summed E-state index contributed by atoms with van der Waals surface area (Å²) in [4.78, 5) is 0.175. The van der Waals surface area contributed by atoms with Crippen molar-refractivity contribution in [3.8, 4) is 0 Å². The molecule has 1 aliphatic rings. The molecular weight excluding hydrogens is 379 g/mol. The first-order chi connectivity index (χ1) is 11.4. The molecule has 0 amide bonds. The van der Waals surface area contributed by atoms with E-state index >= 15 is 0 Å². The summed E-state index contributed by atoms with van der Waals surface area (Å²) in [6.45, 7) is 3.16. The van der Waals surface area contributed by atoms with Crippen LogP contribution in [0.15, 0.2) is 53.4 Å². The van der Waals surface area contributed by atoms with E-state index in [1.54, 1.807) is 18.2 Å². The SMILES string of the molecule is Cc1ccc(Cl)c(S(=O)(=O)N2C[C@@H](CN)[C@H](c3ccccc3)C2)c1.Cl. The van der Waals surface area contributed by atoms with Crippen molar-refractivity contribution >= 4 is 34.0 Å². The van der Waals surface area contributed by atoms with Crippen LogP contribution in [0.5, 0.6) is 0 Å². The summed E-state index contributed by atoms with van der Waals surface area (Å²) >= 11 is 6.15. The number of sulfonamides is 1. The lowest BCUT2D eigenvalue weighted by molar-refractivity contribution is 0.459. The lowest BCUT2D eigenvalue weighted by Crippen LogP contribution is -2.30. The topological polar surface area (TPSA) is 63.4 Å². The van der Waals surface area contributed by atoms with Gasteiger partial charge in [-0.1, -0.05) is 48.0 Å². The molecule has 2 aromatic rings. The molecule has 4 nitrogen and oxygen atoms in total. The van der Waals surface area contributed by atoms with E-state index in [1.807, 2.05) is 37.3 Å². The minimum Gasteiger partial charge on any atom is -0.330 e. The largest absolute Gasteiger partial charge is 0.330 e. The maximum absolute atomic E-state index is 13.0. The molecule has 0 aliphatic carbocycles. The molecule has 0 aromatic heterocycles. The van der Waals surface area contributed by atoms with Crippen molar-refractivity contribution in [2.75, 3.05) is 19.6 Å². The van der Waals surface area contributed by atoms with Crippen LogP contribution in [0.4, 0.5) is 0 Å². The summed E-state index contributed by atoms with van der Waals surface area (Å²) in [6, 6.07) is 15.0. The Hall–Kier alpha value is -1.11. The molecule has 25 heavy (non-hydrogen) atoms. The summed E-state index contributed by atoms with van der Waals surface area (Å²) in [7, 11) is -3.63. The molecule has 1 fully saturated rings. The first-order valence-electron chi connectivity index (χ1n) is 7.95. The van der Waals surface area contributed by atoms with E-state index in [2.05, 4.69) is 0 Å². The second kappa shape index (κ2) is 8.06. The molecule has 136 valence electrons. The highest BCUT2D eigenvalue weighted by molar-refractivity contribution is 7.89. The van der Waals surface area contributed by atoms with Crippen LogP contribution in [0.2, 0.25) is 5.02 Å². The van der Waals surface area contributed by atoms with Gasteiger partial charge < -0.3 is 5.73 Å². The highest BCUT2D eigenvalue weighted by Gasteiger charge is 2.39. The van der Waals surface area contributed by atoms with Gasteiger partial charge in [-0.05, 0) is 42.6 Å². The minimum atomic E-state index is -3.63. The second-order valence-electron chi connectivity index (χ2n) is 6.27. The van der Waals surface area contributed by atoms with E-state index in [0.717, 1.165) is 11.1 Å². The Balaban J connectivity index is 0.00000225. The van der Waals surface area contributed by atoms with Crippen LogP contribution in [-0.4, -0.2) is 32.4 Å². The summed E-state index contributed by atoms with van der Waals surface area (Å²) in [6.07, 6.45) is 0. The van der Waals surface area contributed by atoms with Crippen molar-refractivity contribution in [1.29, 1.82) is 0 Å². The maximum Gasteiger partial charge on any atom is 0.244 e. The number of hydrogen-bond donors (Lipinski definition) is 1. The molecule has 1 aliphatic heterocycles. The summed E-state index contributed by atoms with van der Waals surface area (Å²) in [5, 5.41) is 0.257. The molecule has 1 saturated heterocycles. The number of halogens is 2. The molecule has 1 heterocycles. The van der Waals surface area contributed by atoms with Gasteiger partial charge >= 0.3 is 0 Å². The van der Waals surface area contributed by atoms with Gasteiger partial charge in [-0.15, -0.1) is 12.4 Å². The highest BCUT2D eigenvalue weighted by atomic mass is 35.5. The van der Waals surface area contributed by atoms with Crippen molar-refractivity contribution in [3.63, 3.8) is 0 Å². The maximum atomic E-state index is 13.0. The van der Waals surface area contributed by atoms with Gasteiger partial charge in [-0.25, -0.2) is 8.42 Å². The normalized spacial score (nSPS) is 21.1. The average Bonchev–Trinajstić information content (AvgIpc) is 3.03. The van der Waals surface area contributed by atoms with Crippen molar-refractivity contribution < 1.29 is 8.42 Å². The number of nitrogens with zero attached hydrogens (tertiary/aromatic N) is 1. The standard InChI is InChI=1S/C18H21ClN2O2S.ClH/c1-13-7-8-17(19)18(9-13)24(22,23)21-11-15(10-20)16(12-21)14-5-3-2-4-6-14;/h2-9,15-16H,10-12,20H2,1H3;1H/t15-,16+;/m1./s1. The summed E-state index contributed by atoms with van der Waals surface area (Å²) in [5.41, 5.74) is 7.91. The van der Waals surface area contributed by atoms with Crippen LogP contribution in [0.1, 0.15) is 17.0 Å². The third kappa shape index (κ3) is 4.01. The summed E-state index contributed by atoms with van der Waals surface area (Å²) in [5.74, 6) is 0.209. The Bertz CT molecular complexity index is 828. The monoisotopic (exact) mass is 400 g/mol. The van der Waals surface area contributed by atoms with Gasteiger partial charge in [-0.2, -0.15) is 4.31 Å². The number of rotatable bonds is 4. The van der Waals surface area contributed by atoms with Crippen molar-refractivity contribution in [3.05, 3.63) is 64.7 Å². The Morgan fingerprint density at radius 2 is 1.84 bits per heavy atom. The summed E-state index contributed by atoms with van der Waals surface area (Å²) < 4.78 is 27.6. The van der Waals surface area contributed by atoms with E-state index < -0.39 is 10.0 Å². The van der Waals surface area contributed by atoms with Crippen molar-refractivity contribution in [1.82, 2.24) is 4.31 Å². The predicted molar refractivity (Wildman–Crippen MR) is 104 cm³/mol. The number of hydrogen-bond acceptors (Lipinski definition) is 3. The molecule has 0 radical (unpaired) electrons. The number of benzene rings is 2. The Kier molecular flexibility index (Phi) is 6.51. The molecule has 0 unspecified atom stereocenters. The zero-order chi connectivity index (χ0) is 17.3. The fourth-order valence-corrected chi connectivity index (χ4v) is 5.37. The van der Waals surface area contributed by atoms with Crippen molar-refractivity contribution in [2.24, 2.45) is 11.7 Å². The van der Waals surface area contributed by atoms with Crippen LogP contribution in [0.3, 0.4) is 0 Å². The Labute approximate surface area is 160 Å². The molecule has 2 N–H and O–H groups in total. The van der Waals surface area contributed by atoms with Gasteiger partial charge in [0.25, 0.3) is 0 Å². The predicted octanol–water partition coefficient (Wildman–Crippen LogP) is 3.43. The fourth-order valence-electron chi connectivity index (χ4n) is 3.29. The van der Waals surface area contributed by atoms with Crippen LogP contribution in [-0.2, 0) is 10.0 Å². The molecule has 7 heteroatoms. The highest BCUT2D eigenvalue weighted by Crippen LogP contribution is 2.36. The van der Waals surface area contributed by atoms with E-state index in [-0.39, 0.29) is 34.2 Å². The smallest absolute Gasteiger partial charge is 0.244 e. The third-order valence-electron chi connectivity index (χ3n) is 4.64. The van der Waals surface area contributed by atoms with Crippen LogP contribution < -0.4 is 5.73 Å². The quantitative estimate of drug-likeness (QED) is 0.854. The van der Waals surface area contributed by atoms with Gasteiger partial charge in [0, 0.05) is 19.0 Å². The van der Waals surface area contributed by atoms with E-state index in [9.17, 15) is 8.42 Å². The first-order valence-corrected chi connectivity index (χ1v) is 9.76. The van der Waals surface area contributed by atoms with Gasteiger partial charge in [0.1, 0.15) is 4.90 Å². The molecule has 0 spiro atoms. The molecule has 2 atom stereocenters. The van der Waals surface area contributed by atoms with Gasteiger partial charge in [0.15, 0.2) is 0 Å². The molecular formula is C18H22Cl2N2O2S. The third-order valence-corrected chi connectivity index (χ3v) is 6.96. The first kappa shape index (κ1) is 20.2. The van der Waals surface area contributed by atoms with Gasteiger partial charge in [0.05, 0.1) is 5.02 Å². The lowest BCUT2D eigenvalue weighted by Gasteiger charge is -2.18. The molecule has 3 rings (SSSR count). The fraction of sp³-hybridized carbons (Fsp3) is 0.333. The number of aryl methyl sites for hydroxylation is 1. The molecule has 2 aromatic carbocycles. The van der Waals surface area contributed by atoms with Gasteiger partial charge in [-0.3, -0.25) is 0 Å². The van der Waals surface area contributed by atoms with E-state index in [0.29, 0.717) is 19.6 Å². The Morgan fingerprint density at radius 3 is 2.48 bits per heavy atom. The lowest BCUT2D eigenvalue weighted by atomic mass is 9.89. The zero-order valence-corrected chi connectivity index (χ0v) is 16.3. The Morgan fingerprint density at radius 1 is 1.16 bits per heavy atom. The van der Waals surface area contributed by atoms with Gasteiger partial charge in [0.2, 0.25) is 10.0 Å². The number of nitrogens with two attached hydrogens (primary N) is 1.